The number of halogens is 2. The van der Waals surface area contributed by atoms with E-state index in [0.717, 1.165) is 6.07 Å². The van der Waals surface area contributed by atoms with E-state index in [4.69, 9.17) is 5.73 Å². The smallest absolute Gasteiger partial charge is 0.327 e. The maximum Gasteiger partial charge on any atom is 0.327 e. The summed E-state index contributed by atoms with van der Waals surface area (Å²) in [5.74, 6) is -2.69. The van der Waals surface area contributed by atoms with E-state index in [1.165, 1.54) is 0 Å². The Bertz CT molecular complexity index is 480. The SMILES string of the molecule is NC(=O)CCCNc1cc(F)cc(F)c1[N+](=O)[O-]. The van der Waals surface area contributed by atoms with Gasteiger partial charge >= 0.3 is 5.69 Å². The van der Waals surface area contributed by atoms with Crippen molar-refractivity contribution in [2.45, 2.75) is 12.8 Å². The van der Waals surface area contributed by atoms with Crippen molar-refractivity contribution in [3.05, 3.63) is 33.9 Å². The molecule has 18 heavy (non-hydrogen) atoms. The first-order chi connectivity index (χ1) is 8.41. The van der Waals surface area contributed by atoms with E-state index in [2.05, 4.69) is 5.32 Å². The summed E-state index contributed by atoms with van der Waals surface area (Å²) < 4.78 is 26.1. The third-order valence-electron chi connectivity index (χ3n) is 2.13. The normalized spacial score (nSPS) is 10.1. The number of nitrogens with two attached hydrogens (primary N) is 1. The van der Waals surface area contributed by atoms with Crippen molar-refractivity contribution in [3.8, 4) is 0 Å². The Morgan fingerprint density at radius 2 is 2.11 bits per heavy atom. The molecule has 0 heterocycles. The second-order valence-corrected chi connectivity index (χ2v) is 3.54. The molecule has 0 aromatic heterocycles. The van der Waals surface area contributed by atoms with Crippen molar-refractivity contribution < 1.29 is 18.5 Å². The van der Waals surface area contributed by atoms with Gasteiger partial charge in [-0.25, -0.2) is 4.39 Å². The Balaban J connectivity index is 2.80. The number of nitro groups is 1. The number of hydrogen-bond donors (Lipinski definition) is 2. The zero-order chi connectivity index (χ0) is 13.7. The molecule has 0 bridgehead atoms. The maximum absolute atomic E-state index is 13.2. The number of hydrogen-bond acceptors (Lipinski definition) is 4. The van der Waals surface area contributed by atoms with Crippen LogP contribution in [-0.2, 0) is 4.79 Å². The van der Waals surface area contributed by atoms with Crippen molar-refractivity contribution in [3.63, 3.8) is 0 Å². The number of primary amides is 1. The van der Waals surface area contributed by atoms with Crippen LogP contribution in [0.1, 0.15) is 12.8 Å². The van der Waals surface area contributed by atoms with Gasteiger partial charge in [0, 0.05) is 25.1 Å². The molecule has 0 aliphatic heterocycles. The van der Waals surface area contributed by atoms with Crippen molar-refractivity contribution >= 4 is 17.3 Å². The molecule has 1 aromatic rings. The summed E-state index contributed by atoms with van der Waals surface area (Å²) in [5, 5.41) is 13.1. The topological polar surface area (TPSA) is 98.3 Å². The number of anilines is 1. The van der Waals surface area contributed by atoms with E-state index in [1.807, 2.05) is 0 Å². The van der Waals surface area contributed by atoms with Gasteiger partial charge in [0.25, 0.3) is 0 Å². The van der Waals surface area contributed by atoms with Gasteiger partial charge in [0.15, 0.2) is 0 Å². The van der Waals surface area contributed by atoms with Crippen LogP contribution in [0.25, 0.3) is 0 Å². The highest BCUT2D eigenvalue weighted by Crippen LogP contribution is 2.28. The van der Waals surface area contributed by atoms with Crippen LogP contribution in [0.3, 0.4) is 0 Å². The number of nitro benzene ring substituents is 1. The van der Waals surface area contributed by atoms with Crippen LogP contribution in [0, 0.1) is 21.7 Å². The van der Waals surface area contributed by atoms with Crippen LogP contribution in [0.2, 0.25) is 0 Å². The largest absolute Gasteiger partial charge is 0.379 e. The summed E-state index contributed by atoms with van der Waals surface area (Å²) in [4.78, 5) is 20.1. The predicted molar refractivity (Wildman–Crippen MR) is 59.9 cm³/mol. The fourth-order valence-corrected chi connectivity index (χ4v) is 1.37. The number of nitrogens with one attached hydrogen (secondary N) is 1. The molecule has 0 radical (unpaired) electrons. The highest BCUT2D eigenvalue weighted by Gasteiger charge is 2.21. The van der Waals surface area contributed by atoms with E-state index in [-0.39, 0.29) is 18.7 Å². The van der Waals surface area contributed by atoms with Crippen LogP contribution in [-0.4, -0.2) is 17.4 Å². The van der Waals surface area contributed by atoms with Gasteiger partial charge in [-0.1, -0.05) is 0 Å². The molecule has 1 rings (SSSR count). The van der Waals surface area contributed by atoms with Gasteiger partial charge in [-0.3, -0.25) is 14.9 Å². The summed E-state index contributed by atoms with van der Waals surface area (Å²) >= 11 is 0. The van der Waals surface area contributed by atoms with E-state index in [9.17, 15) is 23.7 Å². The Kier molecular flexibility index (Phi) is 4.52. The molecular formula is C10H11F2N3O3. The van der Waals surface area contributed by atoms with Crippen LogP contribution in [0.15, 0.2) is 12.1 Å². The first-order valence-electron chi connectivity index (χ1n) is 5.07. The first-order valence-corrected chi connectivity index (χ1v) is 5.07. The quantitative estimate of drug-likeness (QED) is 0.460. The second-order valence-electron chi connectivity index (χ2n) is 3.54. The highest BCUT2D eigenvalue weighted by molar-refractivity contribution is 5.73. The van der Waals surface area contributed by atoms with Crippen molar-refractivity contribution in [2.24, 2.45) is 5.73 Å². The lowest BCUT2D eigenvalue weighted by Gasteiger charge is -2.07. The molecule has 1 amide bonds. The average molecular weight is 259 g/mol. The van der Waals surface area contributed by atoms with Gasteiger partial charge in [0.05, 0.1) is 4.92 Å². The molecule has 98 valence electrons. The standard InChI is InChI=1S/C10H11F2N3O3/c11-6-4-7(12)10(15(17)18)8(5-6)14-3-1-2-9(13)16/h4-5,14H,1-3H2,(H2,13,16). The molecule has 6 nitrogen and oxygen atoms in total. The number of carbonyl (C=O) groups excluding carboxylic acids is 1. The summed E-state index contributed by atoms with van der Waals surface area (Å²) in [6.07, 6.45) is 0.392. The number of benzene rings is 1. The summed E-state index contributed by atoms with van der Waals surface area (Å²) in [7, 11) is 0. The highest BCUT2D eigenvalue weighted by atomic mass is 19.1. The summed E-state index contributed by atoms with van der Waals surface area (Å²) in [5.41, 5.74) is 3.82. The maximum atomic E-state index is 13.2. The minimum Gasteiger partial charge on any atom is -0.379 e. The third-order valence-corrected chi connectivity index (χ3v) is 2.13. The average Bonchev–Trinajstić information content (AvgIpc) is 2.22. The van der Waals surface area contributed by atoms with Crippen LogP contribution < -0.4 is 11.1 Å². The molecule has 0 unspecified atom stereocenters. The Morgan fingerprint density at radius 3 is 2.67 bits per heavy atom. The molecule has 0 fully saturated rings. The summed E-state index contributed by atoms with van der Waals surface area (Å²) in [6.45, 7) is 0.146. The minimum atomic E-state index is -1.25. The zero-order valence-corrected chi connectivity index (χ0v) is 9.28. The molecule has 0 saturated heterocycles. The van der Waals surface area contributed by atoms with Gasteiger partial charge in [-0.05, 0) is 6.42 Å². The fraction of sp³-hybridized carbons (Fsp3) is 0.300. The van der Waals surface area contributed by atoms with Crippen molar-refractivity contribution in [1.29, 1.82) is 0 Å². The van der Waals surface area contributed by atoms with Crippen LogP contribution in [0.5, 0.6) is 0 Å². The van der Waals surface area contributed by atoms with Gasteiger partial charge < -0.3 is 11.1 Å². The Hall–Kier alpha value is -2.25. The number of nitrogens with zero attached hydrogens (tertiary/aromatic N) is 1. The van der Waals surface area contributed by atoms with Crippen molar-refractivity contribution in [1.82, 2.24) is 0 Å². The monoisotopic (exact) mass is 259 g/mol. The molecule has 0 saturated carbocycles. The van der Waals surface area contributed by atoms with Crippen LogP contribution >= 0.6 is 0 Å². The van der Waals surface area contributed by atoms with E-state index < -0.39 is 28.2 Å². The lowest BCUT2D eigenvalue weighted by atomic mass is 10.2. The molecular weight excluding hydrogens is 248 g/mol. The number of amides is 1. The Morgan fingerprint density at radius 1 is 1.44 bits per heavy atom. The molecule has 8 heteroatoms. The fourth-order valence-electron chi connectivity index (χ4n) is 1.37. The summed E-state index contributed by atoms with van der Waals surface area (Å²) in [6, 6.07) is 1.26. The number of rotatable bonds is 6. The lowest BCUT2D eigenvalue weighted by molar-refractivity contribution is -0.386. The molecule has 1 aromatic carbocycles. The van der Waals surface area contributed by atoms with Gasteiger partial charge in [-0.15, -0.1) is 0 Å². The van der Waals surface area contributed by atoms with E-state index in [1.54, 1.807) is 0 Å². The third kappa shape index (κ3) is 3.65. The number of carbonyl (C=O) groups is 1. The van der Waals surface area contributed by atoms with E-state index >= 15 is 0 Å². The lowest BCUT2D eigenvalue weighted by Crippen LogP contribution is -2.13. The van der Waals surface area contributed by atoms with Crippen molar-refractivity contribution in [2.75, 3.05) is 11.9 Å². The van der Waals surface area contributed by atoms with Gasteiger partial charge in [-0.2, -0.15) is 4.39 Å². The van der Waals surface area contributed by atoms with Gasteiger partial charge in [0.2, 0.25) is 11.7 Å². The molecule has 0 atom stereocenters. The Labute approximate surface area is 101 Å². The molecule has 0 spiro atoms. The van der Waals surface area contributed by atoms with Gasteiger partial charge in [0.1, 0.15) is 11.5 Å². The van der Waals surface area contributed by atoms with Crippen LogP contribution in [0.4, 0.5) is 20.2 Å². The molecule has 0 aliphatic rings. The predicted octanol–water partition coefficient (Wildman–Crippen LogP) is 1.55. The first kappa shape index (κ1) is 13.8. The zero-order valence-electron chi connectivity index (χ0n) is 9.28. The minimum absolute atomic E-state index is 0.0819. The molecule has 0 aliphatic carbocycles. The second kappa shape index (κ2) is 5.89. The molecule has 3 N–H and O–H groups in total. The van der Waals surface area contributed by atoms with E-state index in [0.29, 0.717) is 12.5 Å².